The van der Waals surface area contributed by atoms with E-state index in [-0.39, 0.29) is 0 Å². The monoisotopic (exact) mass is 258 g/mol. The van der Waals surface area contributed by atoms with Crippen LogP contribution in [0.2, 0.25) is 0 Å². The van der Waals surface area contributed by atoms with E-state index in [0.717, 1.165) is 10.4 Å². The van der Waals surface area contributed by atoms with Crippen molar-refractivity contribution < 1.29 is 5.11 Å². The number of pyridine rings is 1. The number of anilines is 1. The normalized spacial score (nSPS) is 11.5. The van der Waals surface area contributed by atoms with Crippen molar-refractivity contribution in [2.75, 3.05) is 18.5 Å². The van der Waals surface area contributed by atoms with E-state index >= 15 is 0 Å². The molecule has 0 atom stereocenters. The molecule has 0 radical (unpaired) electrons. The molecule has 0 aliphatic heterocycles. The molecule has 1 aromatic rings. The summed E-state index contributed by atoms with van der Waals surface area (Å²) < 4.78 is 0.803. The smallest absolute Gasteiger partial charge is 0.129 e. The van der Waals surface area contributed by atoms with Crippen LogP contribution in [-0.4, -0.2) is 29.3 Å². The summed E-state index contributed by atoms with van der Waals surface area (Å²) in [6, 6.07) is 5.71. The standard InChI is InChI=1S/C10H15BrN2O/c1-10(2,14)7-13(3)9-6-4-5-8(11)12-9/h4-6,14H,7H2,1-3H3. The zero-order valence-corrected chi connectivity index (χ0v) is 10.2. The van der Waals surface area contributed by atoms with Gasteiger partial charge in [-0.05, 0) is 41.9 Å². The van der Waals surface area contributed by atoms with Crippen LogP contribution in [0, 0.1) is 0 Å². The van der Waals surface area contributed by atoms with Crippen LogP contribution in [0.15, 0.2) is 22.8 Å². The second kappa shape index (κ2) is 4.28. The first-order chi connectivity index (χ1) is 6.38. The summed E-state index contributed by atoms with van der Waals surface area (Å²) in [4.78, 5) is 6.21. The molecule has 1 heterocycles. The Morgan fingerprint density at radius 3 is 2.64 bits per heavy atom. The number of hydrogen-bond donors (Lipinski definition) is 1. The van der Waals surface area contributed by atoms with Crippen molar-refractivity contribution in [1.82, 2.24) is 4.98 Å². The van der Waals surface area contributed by atoms with E-state index < -0.39 is 5.60 Å². The van der Waals surface area contributed by atoms with Gasteiger partial charge in [-0.3, -0.25) is 0 Å². The molecule has 0 amide bonds. The van der Waals surface area contributed by atoms with E-state index in [1.165, 1.54) is 0 Å². The fourth-order valence-electron chi connectivity index (χ4n) is 1.27. The molecule has 0 aliphatic rings. The number of hydrogen-bond acceptors (Lipinski definition) is 3. The van der Waals surface area contributed by atoms with Crippen molar-refractivity contribution in [3.05, 3.63) is 22.8 Å². The van der Waals surface area contributed by atoms with Crippen LogP contribution in [0.4, 0.5) is 5.82 Å². The van der Waals surface area contributed by atoms with Crippen LogP contribution in [0.5, 0.6) is 0 Å². The zero-order chi connectivity index (χ0) is 10.8. The summed E-state index contributed by atoms with van der Waals surface area (Å²) in [5, 5.41) is 9.64. The van der Waals surface area contributed by atoms with Gasteiger partial charge in [-0.1, -0.05) is 6.07 Å². The molecular weight excluding hydrogens is 244 g/mol. The van der Waals surface area contributed by atoms with E-state index in [1.54, 1.807) is 13.8 Å². The molecule has 3 nitrogen and oxygen atoms in total. The third-order valence-electron chi connectivity index (χ3n) is 1.72. The molecule has 0 spiro atoms. The molecule has 0 aliphatic carbocycles. The second-order valence-electron chi connectivity index (χ2n) is 3.99. The maximum Gasteiger partial charge on any atom is 0.129 e. The van der Waals surface area contributed by atoms with E-state index in [2.05, 4.69) is 20.9 Å². The first-order valence-corrected chi connectivity index (χ1v) is 5.24. The number of rotatable bonds is 3. The lowest BCUT2D eigenvalue weighted by molar-refractivity contribution is 0.0884. The molecule has 0 bridgehead atoms. The van der Waals surface area contributed by atoms with E-state index in [1.807, 2.05) is 30.1 Å². The number of nitrogens with zero attached hydrogens (tertiary/aromatic N) is 2. The van der Waals surface area contributed by atoms with Crippen molar-refractivity contribution in [2.45, 2.75) is 19.4 Å². The first-order valence-electron chi connectivity index (χ1n) is 4.44. The highest BCUT2D eigenvalue weighted by Gasteiger charge is 2.16. The minimum atomic E-state index is -0.710. The Kier molecular flexibility index (Phi) is 3.50. The molecule has 0 fully saturated rings. The fourth-order valence-corrected chi connectivity index (χ4v) is 1.61. The minimum absolute atomic E-state index is 0.552. The summed E-state index contributed by atoms with van der Waals surface area (Å²) in [6.45, 7) is 4.11. The Morgan fingerprint density at radius 1 is 1.50 bits per heavy atom. The maximum atomic E-state index is 9.64. The van der Waals surface area contributed by atoms with Crippen LogP contribution in [0.25, 0.3) is 0 Å². The quantitative estimate of drug-likeness (QED) is 0.844. The van der Waals surface area contributed by atoms with Crippen molar-refractivity contribution in [3.63, 3.8) is 0 Å². The first kappa shape index (κ1) is 11.5. The largest absolute Gasteiger partial charge is 0.389 e. The molecule has 0 saturated heterocycles. The Bertz CT molecular complexity index is 309. The summed E-state index contributed by atoms with van der Waals surface area (Å²) in [7, 11) is 1.91. The van der Waals surface area contributed by atoms with Crippen LogP contribution >= 0.6 is 15.9 Å². The summed E-state index contributed by atoms with van der Waals surface area (Å²) >= 11 is 3.31. The zero-order valence-electron chi connectivity index (χ0n) is 8.66. The maximum absolute atomic E-state index is 9.64. The van der Waals surface area contributed by atoms with Gasteiger partial charge in [0.2, 0.25) is 0 Å². The lowest BCUT2D eigenvalue weighted by atomic mass is 10.1. The lowest BCUT2D eigenvalue weighted by Gasteiger charge is -2.26. The Morgan fingerprint density at radius 2 is 2.14 bits per heavy atom. The van der Waals surface area contributed by atoms with Gasteiger partial charge >= 0.3 is 0 Å². The lowest BCUT2D eigenvalue weighted by Crippen LogP contribution is -2.36. The van der Waals surface area contributed by atoms with Gasteiger partial charge in [-0.15, -0.1) is 0 Å². The Labute approximate surface area is 92.9 Å². The van der Waals surface area contributed by atoms with Gasteiger partial charge in [0.05, 0.1) is 5.60 Å². The highest BCUT2D eigenvalue weighted by Crippen LogP contribution is 2.15. The van der Waals surface area contributed by atoms with E-state index in [9.17, 15) is 5.11 Å². The highest BCUT2D eigenvalue weighted by atomic mass is 79.9. The predicted molar refractivity (Wildman–Crippen MR) is 61.5 cm³/mol. The average molecular weight is 259 g/mol. The summed E-state index contributed by atoms with van der Waals surface area (Å²) in [5.41, 5.74) is -0.710. The number of likely N-dealkylation sites (N-methyl/N-ethyl adjacent to an activating group) is 1. The molecular formula is C10H15BrN2O. The van der Waals surface area contributed by atoms with Crippen LogP contribution in [0.1, 0.15) is 13.8 Å². The van der Waals surface area contributed by atoms with E-state index in [0.29, 0.717) is 6.54 Å². The highest BCUT2D eigenvalue weighted by molar-refractivity contribution is 9.10. The number of aromatic nitrogens is 1. The minimum Gasteiger partial charge on any atom is -0.389 e. The molecule has 0 saturated carbocycles. The van der Waals surface area contributed by atoms with Gasteiger partial charge in [-0.25, -0.2) is 4.98 Å². The average Bonchev–Trinajstić information content (AvgIpc) is 2.01. The predicted octanol–water partition coefficient (Wildman–Crippen LogP) is 2.05. The molecule has 14 heavy (non-hydrogen) atoms. The topological polar surface area (TPSA) is 36.4 Å². The van der Waals surface area contributed by atoms with Gasteiger partial charge in [0, 0.05) is 13.6 Å². The molecule has 0 aromatic carbocycles. The second-order valence-corrected chi connectivity index (χ2v) is 4.80. The van der Waals surface area contributed by atoms with Crippen LogP contribution in [-0.2, 0) is 0 Å². The van der Waals surface area contributed by atoms with Crippen LogP contribution < -0.4 is 4.90 Å². The molecule has 1 rings (SSSR count). The van der Waals surface area contributed by atoms with Gasteiger partial charge in [0.25, 0.3) is 0 Å². The SMILES string of the molecule is CN(CC(C)(C)O)c1cccc(Br)n1. The number of aliphatic hydroxyl groups is 1. The molecule has 4 heteroatoms. The van der Waals surface area contributed by atoms with Crippen molar-refractivity contribution in [2.24, 2.45) is 0 Å². The Balaban J connectivity index is 2.74. The van der Waals surface area contributed by atoms with Crippen LogP contribution in [0.3, 0.4) is 0 Å². The van der Waals surface area contributed by atoms with Crippen molar-refractivity contribution >= 4 is 21.7 Å². The van der Waals surface area contributed by atoms with Gasteiger partial charge < -0.3 is 10.0 Å². The Hall–Kier alpha value is -0.610. The van der Waals surface area contributed by atoms with Gasteiger partial charge in [-0.2, -0.15) is 0 Å². The molecule has 78 valence electrons. The summed E-state index contributed by atoms with van der Waals surface area (Å²) in [5.74, 6) is 0.849. The third kappa shape index (κ3) is 3.64. The van der Waals surface area contributed by atoms with Gasteiger partial charge in [0.1, 0.15) is 10.4 Å². The van der Waals surface area contributed by atoms with Crippen molar-refractivity contribution in [1.29, 1.82) is 0 Å². The molecule has 1 N–H and O–H groups in total. The fraction of sp³-hybridized carbons (Fsp3) is 0.500. The van der Waals surface area contributed by atoms with Gasteiger partial charge in [0.15, 0.2) is 0 Å². The van der Waals surface area contributed by atoms with E-state index in [4.69, 9.17) is 0 Å². The van der Waals surface area contributed by atoms with Crippen molar-refractivity contribution in [3.8, 4) is 0 Å². The summed E-state index contributed by atoms with van der Waals surface area (Å²) in [6.07, 6.45) is 0. The molecule has 1 aromatic heterocycles. The number of halogens is 1. The third-order valence-corrected chi connectivity index (χ3v) is 2.16. The molecule has 0 unspecified atom stereocenters.